The van der Waals surface area contributed by atoms with Gasteiger partial charge in [0.1, 0.15) is 5.76 Å². The van der Waals surface area contributed by atoms with Crippen LogP contribution >= 0.6 is 0 Å². The van der Waals surface area contributed by atoms with E-state index in [1.165, 1.54) is 25.7 Å². The monoisotopic (exact) mass is 250 g/mol. The Kier molecular flexibility index (Phi) is 4.46. The van der Waals surface area contributed by atoms with Gasteiger partial charge in [0.2, 0.25) is 0 Å². The zero-order chi connectivity index (χ0) is 13.0. The molecule has 1 heterocycles. The van der Waals surface area contributed by atoms with Crippen molar-refractivity contribution >= 4 is 0 Å². The molecule has 0 aromatic carbocycles. The maximum atomic E-state index is 5.36. The van der Waals surface area contributed by atoms with Gasteiger partial charge in [0.15, 0.2) is 0 Å². The third-order valence-electron chi connectivity index (χ3n) is 4.35. The highest BCUT2D eigenvalue weighted by atomic mass is 16.3. The summed E-state index contributed by atoms with van der Waals surface area (Å²) < 4.78 is 5.36. The zero-order valence-corrected chi connectivity index (χ0v) is 11.9. The van der Waals surface area contributed by atoms with E-state index in [0.717, 1.165) is 24.8 Å². The van der Waals surface area contributed by atoms with Crippen LogP contribution in [0.15, 0.2) is 22.8 Å². The van der Waals surface area contributed by atoms with E-state index in [1.54, 1.807) is 6.26 Å². The Balaban J connectivity index is 1.89. The van der Waals surface area contributed by atoms with E-state index in [-0.39, 0.29) is 0 Å². The van der Waals surface area contributed by atoms with E-state index >= 15 is 0 Å². The summed E-state index contributed by atoms with van der Waals surface area (Å²) in [5.74, 6) is 1.86. The summed E-state index contributed by atoms with van der Waals surface area (Å²) in [6.07, 6.45) is 7.07. The lowest BCUT2D eigenvalue weighted by molar-refractivity contribution is 0.0745. The molecular formula is C15H26N2O. The van der Waals surface area contributed by atoms with Gasteiger partial charge in [-0.3, -0.25) is 0 Å². The Morgan fingerprint density at radius 1 is 1.50 bits per heavy atom. The summed E-state index contributed by atoms with van der Waals surface area (Å²) >= 11 is 0. The quantitative estimate of drug-likeness (QED) is 0.871. The molecule has 1 saturated carbocycles. The average Bonchev–Trinajstić information content (AvgIpc) is 2.82. The maximum Gasteiger partial charge on any atom is 0.117 e. The number of hydrogen-bond donors (Lipinski definition) is 1. The third-order valence-corrected chi connectivity index (χ3v) is 4.35. The van der Waals surface area contributed by atoms with E-state index in [4.69, 9.17) is 4.42 Å². The van der Waals surface area contributed by atoms with Crippen molar-refractivity contribution in [2.75, 3.05) is 20.6 Å². The molecule has 1 fully saturated rings. The van der Waals surface area contributed by atoms with Gasteiger partial charge in [-0.25, -0.2) is 0 Å². The Hall–Kier alpha value is -0.800. The van der Waals surface area contributed by atoms with Gasteiger partial charge < -0.3 is 14.6 Å². The molecule has 2 atom stereocenters. The van der Waals surface area contributed by atoms with Gasteiger partial charge in [-0.1, -0.05) is 19.8 Å². The van der Waals surface area contributed by atoms with Crippen molar-refractivity contribution in [3.8, 4) is 0 Å². The number of nitrogens with zero attached hydrogens (tertiary/aromatic N) is 1. The van der Waals surface area contributed by atoms with Gasteiger partial charge in [-0.15, -0.1) is 0 Å². The Morgan fingerprint density at radius 2 is 2.33 bits per heavy atom. The molecule has 3 heteroatoms. The minimum atomic E-state index is 0.324. The number of nitrogens with one attached hydrogen (secondary N) is 1. The average molecular weight is 250 g/mol. The molecule has 0 spiro atoms. The number of hydrogen-bond acceptors (Lipinski definition) is 3. The number of furan rings is 1. The molecule has 2 unspecified atom stereocenters. The fourth-order valence-corrected chi connectivity index (χ4v) is 3.19. The highest BCUT2D eigenvalue weighted by molar-refractivity contribution is 4.99. The first kappa shape index (κ1) is 13.6. The van der Waals surface area contributed by atoms with Crippen molar-refractivity contribution in [3.05, 3.63) is 24.2 Å². The van der Waals surface area contributed by atoms with Crippen molar-refractivity contribution in [1.82, 2.24) is 10.2 Å². The molecule has 0 bridgehead atoms. The van der Waals surface area contributed by atoms with Crippen LogP contribution in [0.1, 0.15) is 38.4 Å². The van der Waals surface area contributed by atoms with Crippen molar-refractivity contribution in [2.24, 2.45) is 5.92 Å². The number of likely N-dealkylation sites (N-methyl/N-ethyl adjacent to an activating group) is 1. The summed E-state index contributed by atoms with van der Waals surface area (Å²) in [5, 5.41) is 3.56. The molecule has 102 valence electrons. The van der Waals surface area contributed by atoms with Crippen molar-refractivity contribution in [3.63, 3.8) is 0 Å². The van der Waals surface area contributed by atoms with Crippen LogP contribution in [-0.4, -0.2) is 31.1 Å². The van der Waals surface area contributed by atoms with E-state index in [2.05, 4.69) is 31.2 Å². The first-order valence-corrected chi connectivity index (χ1v) is 7.03. The van der Waals surface area contributed by atoms with Crippen LogP contribution in [0, 0.1) is 5.92 Å². The van der Waals surface area contributed by atoms with E-state index < -0.39 is 0 Å². The highest BCUT2D eigenvalue weighted by Gasteiger charge is 2.36. The lowest BCUT2D eigenvalue weighted by atomic mass is 9.75. The van der Waals surface area contributed by atoms with Crippen LogP contribution in [0.3, 0.4) is 0 Å². The smallest absolute Gasteiger partial charge is 0.117 e. The lowest BCUT2D eigenvalue weighted by Gasteiger charge is -2.45. The molecule has 0 saturated heterocycles. The second kappa shape index (κ2) is 5.89. The summed E-state index contributed by atoms with van der Waals surface area (Å²) in [6.45, 7) is 4.26. The minimum absolute atomic E-state index is 0.324. The van der Waals surface area contributed by atoms with E-state index in [9.17, 15) is 0 Å². The number of rotatable bonds is 5. The summed E-state index contributed by atoms with van der Waals surface area (Å²) in [4.78, 5) is 2.41. The molecule has 3 nitrogen and oxygen atoms in total. The largest absolute Gasteiger partial charge is 0.468 e. The van der Waals surface area contributed by atoms with Gasteiger partial charge in [-0.2, -0.15) is 0 Å². The van der Waals surface area contributed by atoms with Crippen LogP contribution < -0.4 is 5.32 Å². The molecular weight excluding hydrogens is 224 g/mol. The standard InChI is InChI=1S/C15H26N2O/c1-13-6-4-8-15(10-13,17(2)3)12-16-11-14-7-5-9-18-14/h5,7,9,13,16H,4,6,8,10-12H2,1-3H3. The summed E-state index contributed by atoms with van der Waals surface area (Å²) in [5.41, 5.74) is 0.324. The third kappa shape index (κ3) is 3.15. The zero-order valence-electron chi connectivity index (χ0n) is 11.9. The Morgan fingerprint density at radius 3 is 2.94 bits per heavy atom. The Labute approximate surface area is 111 Å². The fourth-order valence-electron chi connectivity index (χ4n) is 3.19. The molecule has 0 radical (unpaired) electrons. The van der Waals surface area contributed by atoms with Crippen LogP contribution in [0.25, 0.3) is 0 Å². The van der Waals surface area contributed by atoms with Crippen molar-refractivity contribution in [1.29, 1.82) is 0 Å². The molecule has 18 heavy (non-hydrogen) atoms. The summed E-state index contributed by atoms with van der Waals surface area (Å²) in [7, 11) is 4.43. The second-order valence-corrected chi connectivity index (χ2v) is 6.00. The molecule has 1 aromatic rings. The molecule has 1 aliphatic carbocycles. The fraction of sp³-hybridized carbons (Fsp3) is 0.733. The molecule has 1 aromatic heterocycles. The van der Waals surface area contributed by atoms with Gasteiger partial charge in [0.05, 0.1) is 12.8 Å². The lowest BCUT2D eigenvalue weighted by Crippen LogP contribution is -2.54. The Bertz CT molecular complexity index is 347. The molecule has 2 rings (SSSR count). The van der Waals surface area contributed by atoms with Crippen LogP contribution in [0.2, 0.25) is 0 Å². The molecule has 1 N–H and O–H groups in total. The van der Waals surface area contributed by atoms with Crippen molar-refractivity contribution < 1.29 is 4.42 Å². The van der Waals surface area contributed by atoms with Crippen LogP contribution in [-0.2, 0) is 6.54 Å². The molecule has 0 aliphatic heterocycles. The molecule has 0 amide bonds. The summed E-state index contributed by atoms with van der Waals surface area (Å²) in [6, 6.07) is 3.97. The van der Waals surface area contributed by atoms with Crippen LogP contribution in [0.4, 0.5) is 0 Å². The normalized spacial score (nSPS) is 28.8. The maximum absolute atomic E-state index is 5.36. The van der Waals surface area contributed by atoms with Gasteiger partial charge in [0.25, 0.3) is 0 Å². The topological polar surface area (TPSA) is 28.4 Å². The van der Waals surface area contributed by atoms with E-state index in [0.29, 0.717) is 5.54 Å². The van der Waals surface area contributed by atoms with Gasteiger partial charge in [-0.05, 0) is 45.0 Å². The first-order valence-electron chi connectivity index (χ1n) is 7.03. The van der Waals surface area contributed by atoms with Crippen molar-refractivity contribution in [2.45, 2.75) is 44.7 Å². The second-order valence-electron chi connectivity index (χ2n) is 6.00. The predicted octanol–water partition coefficient (Wildman–Crippen LogP) is 2.88. The SMILES string of the molecule is CC1CCCC(CNCc2ccco2)(N(C)C)C1. The molecule has 1 aliphatic rings. The van der Waals surface area contributed by atoms with Crippen LogP contribution in [0.5, 0.6) is 0 Å². The predicted molar refractivity (Wildman–Crippen MR) is 74.5 cm³/mol. The van der Waals surface area contributed by atoms with Gasteiger partial charge >= 0.3 is 0 Å². The van der Waals surface area contributed by atoms with Gasteiger partial charge in [0, 0.05) is 12.1 Å². The first-order chi connectivity index (χ1) is 8.62. The highest BCUT2D eigenvalue weighted by Crippen LogP contribution is 2.35. The minimum Gasteiger partial charge on any atom is -0.468 e. The van der Waals surface area contributed by atoms with E-state index in [1.807, 2.05) is 12.1 Å².